The van der Waals surface area contributed by atoms with Crippen molar-refractivity contribution < 1.29 is 34.5 Å². The topological polar surface area (TPSA) is 185 Å². The zero-order chi connectivity index (χ0) is 32.6. The molecule has 4 atom stereocenters. The number of carboxylic acid groups (broad SMARTS) is 2. The van der Waals surface area contributed by atoms with E-state index in [2.05, 4.69) is 20.6 Å². The predicted molar refractivity (Wildman–Crippen MR) is 172 cm³/mol. The summed E-state index contributed by atoms with van der Waals surface area (Å²) in [6, 6.07) is -0.239. The van der Waals surface area contributed by atoms with Gasteiger partial charge in [-0.05, 0) is 79.3 Å². The molecule has 2 saturated heterocycles. The van der Waals surface area contributed by atoms with E-state index in [0.717, 1.165) is 62.1 Å². The summed E-state index contributed by atoms with van der Waals surface area (Å²) in [7, 11) is 0. The van der Waals surface area contributed by atoms with Gasteiger partial charge in [0.25, 0.3) is 0 Å². The van der Waals surface area contributed by atoms with Gasteiger partial charge in [0, 0.05) is 78.7 Å². The molecule has 242 valence electrons. The second-order valence-electron chi connectivity index (χ2n) is 12.5. The van der Waals surface area contributed by atoms with Crippen LogP contribution < -0.4 is 10.6 Å². The molecule has 7 N–H and O–H groups in total. The van der Waals surface area contributed by atoms with Crippen LogP contribution in [-0.2, 0) is 56.6 Å². The molecule has 2 amide bonds. The smallest absolute Gasteiger partial charge is 0.303 e. The Bertz CT molecular complexity index is 1600. The number of nitrogens with one attached hydrogen (secondary N) is 4. The van der Waals surface area contributed by atoms with E-state index in [9.17, 15) is 34.5 Å². The maximum absolute atomic E-state index is 12.6. The molecule has 12 heteroatoms. The number of carboxylic acids is 2. The SMILES string of the molecule is CC1=C(CCO)C(=O)N[C@@H]1Cc1[nH]c(Cc2[nH]c(/C=C3\NC(=O)[C@H](C)[C@H]3[C@@H]3C[SH+]3)c(C)c2CCC(=O)O)c(CCC(=O)O)c1C. The van der Waals surface area contributed by atoms with Gasteiger partial charge >= 0.3 is 11.9 Å². The minimum atomic E-state index is -0.900. The van der Waals surface area contributed by atoms with Crippen molar-refractivity contribution in [1.82, 2.24) is 20.6 Å². The molecule has 45 heavy (non-hydrogen) atoms. The molecule has 2 fully saturated rings. The molecule has 5 rings (SSSR count). The van der Waals surface area contributed by atoms with Crippen molar-refractivity contribution in [3.8, 4) is 0 Å². The Kier molecular flexibility index (Phi) is 9.64. The molecule has 0 unspecified atom stereocenters. The quantitative estimate of drug-likeness (QED) is 0.0939. The number of allylic oxidation sites excluding steroid dienone is 1. The van der Waals surface area contributed by atoms with Crippen LogP contribution in [0.1, 0.15) is 78.1 Å². The van der Waals surface area contributed by atoms with Crippen molar-refractivity contribution in [2.24, 2.45) is 11.8 Å². The van der Waals surface area contributed by atoms with Crippen molar-refractivity contribution in [2.45, 2.75) is 83.9 Å². The van der Waals surface area contributed by atoms with Gasteiger partial charge in [0.15, 0.2) is 11.0 Å². The number of H-pyrrole nitrogens is 2. The van der Waals surface area contributed by atoms with Gasteiger partial charge in [0.1, 0.15) is 0 Å². The number of rotatable bonds is 14. The van der Waals surface area contributed by atoms with Crippen LogP contribution in [0.4, 0.5) is 0 Å². The standard InChI is InChI=1S/C33H42N4O7S/c1-15-19(5-7-29(39)40)25(34-22(15)11-24-17(3)21(9-10-38)33(44)36-24)13-26-20(6-8-30(41)42)16(2)23(35-26)12-27-31(28-14-45-28)18(4)32(43)37-27/h12,18,24,28,31,34-35,38H,5-11,13-14H2,1-4H3,(H,36,44)(H,37,43)(H,39,40)(H,41,42)/p+1/b27-12-/t18-,24-,28+,31-/m1/s1. The van der Waals surface area contributed by atoms with E-state index in [4.69, 9.17) is 0 Å². The number of amides is 2. The Morgan fingerprint density at radius 1 is 0.933 bits per heavy atom. The fourth-order valence-corrected chi connectivity index (χ4v) is 7.90. The molecule has 0 saturated carbocycles. The van der Waals surface area contributed by atoms with Crippen molar-refractivity contribution >= 4 is 41.6 Å². The average Bonchev–Trinajstić information content (AvgIpc) is 3.56. The van der Waals surface area contributed by atoms with Gasteiger partial charge in [-0.2, -0.15) is 0 Å². The first-order chi connectivity index (χ1) is 21.4. The third-order valence-electron chi connectivity index (χ3n) is 9.64. The molecule has 2 aromatic rings. The van der Waals surface area contributed by atoms with Gasteiger partial charge in [0.2, 0.25) is 11.8 Å². The monoisotopic (exact) mass is 639 g/mol. The molecule has 3 aliphatic heterocycles. The van der Waals surface area contributed by atoms with Gasteiger partial charge < -0.3 is 35.9 Å². The van der Waals surface area contributed by atoms with Gasteiger partial charge in [-0.1, -0.05) is 6.92 Å². The molecular weight excluding hydrogens is 596 g/mol. The van der Waals surface area contributed by atoms with Crippen molar-refractivity contribution in [2.75, 3.05) is 12.4 Å². The summed E-state index contributed by atoms with van der Waals surface area (Å²) in [6.07, 6.45) is 3.76. The Hall–Kier alpha value is -3.77. The van der Waals surface area contributed by atoms with Crippen LogP contribution in [0, 0.1) is 25.7 Å². The Morgan fingerprint density at radius 2 is 1.56 bits per heavy atom. The van der Waals surface area contributed by atoms with E-state index in [0.29, 0.717) is 42.9 Å². The lowest BCUT2D eigenvalue weighted by Gasteiger charge is -2.12. The zero-order valence-electron chi connectivity index (χ0n) is 26.2. The lowest BCUT2D eigenvalue weighted by molar-refractivity contribution is -0.138. The third-order valence-corrected chi connectivity index (χ3v) is 10.8. The summed E-state index contributed by atoms with van der Waals surface area (Å²) in [5.74, 6) is -0.834. The highest BCUT2D eigenvalue weighted by molar-refractivity contribution is 7.86. The molecule has 0 spiro atoms. The maximum Gasteiger partial charge on any atom is 0.303 e. The number of aliphatic hydroxyl groups excluding tert-OH is 1. The number of aromatic amines is 2. The summed E-state index contributed by atoms with van der Waals surface area (Å²) in [5, 5.41) is 34.9. The van der Waals surface area contributed by atoms with Gasteiger partial charge in [0.05, 0.1) is 12.0 Å². The van der Waals surface area contributed by atoms with Crippen LogP contribution in [0.3, 0.4) is 0 Å². The number of aliphatic carboxylic acids is 2. The van der Waals surface area contributed by atoms with E-state index in [1.54, 1.807) is 0 Å². The van der Waals surface area contributed by atoms with Crippen LogP contribution in [0.25, 0.3) is 6.08 Å². The van der Waals surface area contributed by atoms with Crippen LogP contribution in [0.5, 0.6) is 0 Å². The maximum atomic E-state index is 12.6. The third kappa shape index (κ3) is 6.91. The Morgan fingerprint density at radius 3 is 2.16 bits per heavy atom. The van der Waals surface area contributed by atoms with E-state index < -0.39 is 11.9 Å². The highest BCUT2D eigenvalue weighted by Crippen LogP contribution is 2.38. The molecule has 0 aliphatic carbocycles. The van der Waals surface area contributed by atoms with Crippen molar-refractivity contribution in [3.63, 3.8) is 0 Å². The van der Waals surface area contributed by atoms with Gasteiger partial charge in [-0.25, -0.2) is 0 Å². The minimum Gasteiger partial charge on any atom is -0.481 e. The number of aromatic nitrogens is 2. The highest BCUT2D eigenvalue weighted by atomic mass is 32.2. The first-order valence-corrected chi connectivity index (χ1v) is 16.7. The van der Waals surface area contributed by atoms with Gasteiger partial charge in [-0.3, -0.25) is 19.2 Å². The molecular formula is C33H43N4O7S+. The molecule has 3 aliphatic rings. The van der Waals surface area contributed by atoms with Gasteiger partial charge in [-0.15, -0.1) is 0 Å². The number of aliphatic hydroxyl groups is 1. The molecule has 0 aromatic carbocycles. The number of hydrogen-bond donors (Lipinski definition) is 7. The van der Waals surface area contributed by atoms with Crippen LogP contribution in [0.2, 0.25) is 0 Å². The largest absolute Gasteiger partial charge is 0.481 e. The molecule has 0 radical (unpaired) electrons. The lowest BCUT2D eigenvalue weighted by Crippen LogP contribution is -2.30. The average molecular weight is 640 g/mol. The van der Waals surface area contributed by atoms with E-state index in [1.807, 2.05) is 33.8 Å². The Balaban J connectivity index is 1.50. The lowest BCUT2D eigenvalue weighted by atomic mass is 9.91. The molecule has 2 aromatic heterocycles. The Labute approximate surface area is 266 Å². The summed E-state index contributed by atoms with van der Waals surface area (Å²) < 4.78 is 0. The second kappa shape index (κ2) is 13.3. The summed E-state index contributed by atoms with van der Waals surface area (Å²) in [4.78, 5) is 55.3. The van der Waals surface area contributed by atoms with E-state index >= 15 is 0 Å². The van der Waals surface area contributed by atoms with Crippen LogP contribution in [0.15, 0.2) is 16.8 Å². The molecule has 11 nitrogen and oxygen atoms in total. The van der Waals surface area contributed by atoms with Crippen molar-refractivity contribution in [3.05, 3.63) is 61.9 Å². The van der Waals surface area contributed by atoms with E-state index in [1.165, 1.54) is 11.8 Å². The zero-order valence-corrected chi connectivity index (χ0v) is 27.1. The first-order valence-electron chi connectivity index (χ1n) is 15.5. The van der Waals surface area contributed by atoms with Crippen LogP contribution in [-0.4, -0.2) is 72.7 Å². The fraction of sp³-hybridized carbons (Fsp3) is 0.515. The van der Waals surface area contributed by atoms with Crippen molar-refractivity contribution in [1.29, 1.82) is 0 Å². The second-order valence-corrected chi connectivity index (χ2v) is 13.9. The van der Waals surface area contributed by atoms with Crippen LogP contribution >= 0.6 is 0 Å². The summed E-state index contributed by atoms with van der Waals surface area (Å²) in [5.41, 5.74) is 9.47. The first kappa shape index (κ1) is 32.6. The molecule has 5 heterocycles. The normalized spacial score (nSPS) is 23.6. The minimum absolute atomic E-state index is 0.0216. The number of thiol groups is 1. The number of carbonyl (C=O) groups excluding carboxylic acids is 2. The molecule has 0 bridgehead atoms. The number of carbonyl (C=O) groups is 4. The fourth-order valence-electron chi connectivity index (χ4n) is 6.91. The summed E-state index contributed by atoms with van der Waals surface area (Å²) in [6.45, 7) is 7.67. The van der Waals surface area contributed by atoms with E-state index in [-0.39, 0.29) is 49.1 Å². The predicted octanol–water partition coefficient (Wildman–Crippen LogP) is 2.24. The number of hydrogen-bond acceptors (Lipinski definition) is 5. The highest BCUT2D eigenvalue weighted by Gasteiger charge is 2.52. The summed E-state index contributed by atoms with van der Waals surface area (Å²) >= 11 is 1.35.